The van der Waals surface area contributed by atoms with Crippen LogP contribution in [0.4, 0.5) is 4.39 Å². The monoisotopic (exact) mass is 383 g/mol. The molecule has 0 saturated carbocycles. The lowest BCUT2D eigenvalue weighted by molar-refractivity contribution is -0.140. The number of hydrogen-bond acceptors (Lipinski definition) is 5. The fraction of sp³-hybridized carbons (Fsp3) is 0.250. The van der Waals surface area contributed by atoms with Crippen molar-refractivity contribution in [1.29, 1.82) is 0 Å². The van der Waals surface area contributed by atoms with Crippen molar-refractivity contribution in [2.45, 2.75) is 36.4 Å². The number of halogens is 1. The predicted octanol–water partition coefficient (Wildman–Crippen LogP) is 3.93. The minimum atomic E-state index is -0.357. The number of nitrogens with zero attached hydrogens (tertiary/aromatic N) is 3. The van der Waals surface area contributed by atoms with Crippen LogP contribution in [-0.2, 0) is 16.1 Å². The minimum absolute atomic E-state index is 0.105. The Morgan fingerprint density at radius 1 is 1.15 bits per heavy atom. The van der Waals surface area contributed by atoms with Crippen LogP contribution in [0.2, 0.25) is 0 Å². The number of cyclic esters (lactones) is 1. The van der Waals surface area contributed by atoms with Gasteiger partial charge in [-0.25, -0.2) is 4.39 Å². The molecule has 2 aromatic carbocycles. The zero-order valence-corrected chi connectivity index (χ0v) is 15.5. The van der Waals surface area contributed by atoms with Gasteiger partial charge in [0.2, 0.25) is 0 Å². The number of rotatable bonds is 5. The molecule has 1 saturated heterocycles. The van der Waals surface area contributed by atoms with Gasteiger partial charge in [-0.3, -0.25) is 9.36 Å². The molecule has 7 heteroatoms. The van der Waals surface area contributed by atoms with Crippen LogP contribution in [0.1, 0.15) is 18.9 Å². The first-order valence-electron chi connectivity index (χ1n) is 8.71. The van der Waals surface area contributed by atoms with Gasteiger partial charge >= 0.3 is 5.97 Å². The van der Waals surface area contributed by atoms with Crippen molar-refractivity contribution in [2.75, 3.05) is 0 Å². The number of thioether (sulfide) groups is 1. The molecule has 138 valence electrons. The highest BCUT2D eigenvalue weighted by Gasteiger charge is 2.34. The number of aromatic nitrogens is 3. The Kier molecular flexibility index (Phi) is 4.94. The van der Waals surface area contributed by atoms with E-state index in [1.807, 2.05) is 41.8 Å². The van der Waals surface area contributed by atoms with Crippen molar-refractivity contribution in [3.63, 3.8) is 0 Å². The Bertz CT molecular complexity index is 961. The molecular weight excluding hydrogens is 365 g/mol. The van der Waals surface area contributed by atoms with Crippen LogP contribution in [0.25, 0.3) is 11.4 Å². The maximum Gasteiger partial charge on any atom is 0.319 e. The van der Waals surface area contributed by atoms with Gasteiger partial charge in [0.1, 0.15) is 17.2 Å². The summed E-state index contributed by atoms with van der Waals surface area (Å²) in [5, 5.41) is 8.73. The van der Waals surface area contributed by atoms with E-state index in [1.54, 1.807) is 18.2 Å². The molecule has 0 N–H and O–H groups in total. The van der Waals surface area contributed by atoms with Crippen LogP contribution in [0, 0.1) is 5.82 Å². The van der Waals surface area contributed by atoms with Gasteiger partial charge in [-0.1, -0.05) is 54.2 Å². The average molecular weight is 383 g/mol. The summed E-state index contributed by atoms with van der Waals surface area (Å²) in [4.78, 5) is 12.0. The first kappa shape index (κ1) is 17.7. The van der Waals surface area contributed by atoms with Gasteiger partial charge < -0.3 is 4.74 Å². The van der Waals surface area contributed by atoms with Crippen LogP contribution >= 0.6 is 11.8 Å². The third-order valence-corrected chi connectivity index (χ3v) is 5.57. The van der Waals surface area contributed by atoms with Crippen LogP contribution in [0.5, 0.6) is 0 Å². The molecule has 0 aliphatic carbocycles. The first-order chi connectivity index (χ1) is 13.1. The van der Waals surface area contributed by atoms with E-state index in [9.17, 15) is 9.18 Å². The Morgan fingerprint density at radius 2 is 1.89 bits per heavy atom. The number of esters is 1. The molecule has 0 bridgehead atoms. The third kappa shape index (κ3) is 3.73. The summed E-state index contributed by atoms with van der Waals surface area (Å²) in [5.74, 6) is -0.155. The maximum atomic E-state index is 14.4. The molecular formula is C20H18FN3O2S. The van der Waals surface area contributed by atoms with Crippen LogP contribution in [0.15, 0.2) is 59.8 Å². The first-order valence-corrected chi connectivity index (χ1v) is 9.59. The van der Waals surface area contributed by atoms with E-state index < -0.39 is 0 Å². The van der Waals surface area contributed by atoms with E-state index in [-0.39, 0.29) is 23.1 Å². The summed E-state index contributed by atoms with van der Waals surface area (Å²) in [6.07, 6.45) is 0.517. The second-order valence-electron chi connectivity index (χ2n) is 6.45. The van der Waals surface area contributed by atoms with Crippen molar-refractivity contribution in [1.82, 2.24) is 14.8 Å². The topological polar surface area (TPSA) is 57.0 Å². The lowest BCUT2D eigenvalue weighted by Gasteiger charge is -2.12. The van der Waals surface area contributed by atoms with Crippen LogP contribution in [0.3, 0.4) is 0 Å². The van der Waals surface area contributed by atoms with Gasteiger partial charge in [0.15, 0.2) is 11.0 Å². The quantitative estimate of drug-likeness (QED) is 0.625. The Balaban J connectivity index is 1.73. The molecule has 2 atom stereocenters. The fourth-order valence-corrected chi connectivity index (χ4v) is 4.21. The molecule has 1 fully saturated rings. The molecule has 1 aliphatic heterocycles. The number of hydrogen-bond donors (Lipinski definition) is 0. The van der Waals surface area contributed by atoms with Crippen LogP contribution in [-0.4, -0.2) is 32.1 Å². The molecule has 1 aromatic heterocycles. The summed E-state index contributed by atoms with van der Waals surface area (Å²) in [7, 11) is 0. The highest BCUT2D eigenvalue weighted by molar-refractivity contribution is 8.00. The lowest BCUT2D eigenvalue weighted by atomic mass is 10.2. The number of ether oxygens (including phenoxy) is 1. The van der Waals surface area contributed by atoms with Gasteiger partial charge in [0.05, 0.1) is 12.1 Å². The number of carbonyl (C=O) groups excluding carboxylic acids is 1. The summed E-state index contributed by atoms with van der Waals surface area (Å²) < 4.78 is 21.5. The summed E-state index contributed by atoms with van der Waals surface area (Å²) in [6.45, 7) is 2.36. The van der Waals surface area contributed by atoms with Crippen molar-refractivity contribution < 1.29 is 13.9 Å². The van der Waals surface area contributed by atoms with E-state index in [1.165, 1.54) is 17.8 Å². The minimum Gasteiger partial charge on any atom is -0.462 e. The summed E-state index contributed by atoms with van der Waals surface area (Å²) in [5.41, 5.74) is 1.43. The zero-order valence-electron chi connectivity index (χ0n) is 14.7. The van der Waals surface area contributed by atoms with Gasteiger partial charge in [-0.2, -0.15) is 0 Å². The van der Waals surface area contributed by atoms with Crippen molar-refractivity contribution in [3.8, 4) is 11.4 Å². The van der Waals surface area contributed by atoms with Crippen molar-refractivity contribution in [3.05, 3.63) is 66.0 Å². The molecule has 0 amide bonds. The molecule has 1 aliphatic rings. The highest BCUT2D eigenvalue weighted by atomic mass is 32.2. The van der Waals surface area contributed by atoms with Gasteiger partial charge in [0, 0.05) is 6.42 Å². The predicted molar refractivity (Wildman–Crippen MR) is 101 cm³/mol. The lowest BCUT2D eigenvalue weighted by Crippen LogP contribution is -2.12. The summed E-state index contributed by atoms with van der Waals surface area (Å²) in [6, 6.07) is 16.3. The second-order valence-corrected chi connectivity index (χ2v) is 7.62. The van der Waals surface area contributed by atoms with Gasteiger partial charge in [-0.05, 0) is 24.6 Å². The second kappa shape index (κ2) is 7.52. The smallest absolute Gasteiger partial charge is 0.319 e. The number of benzene rings is 2. The Hall–Kier alpha value is -2.67. The van der Waals surface area contributed by atoms with E-state index in [0.717, 1.165) is 5.56 Å². The summed E-state index contributed by atoms with van der Waals surface area (Å²) >= 11 is 1.32. The third-order valence-electron chi connectivity index (χ3n) is 4.39. The van der Waals surface area contributed by atoms with Gasteiger partial charge in [0.25, 0.3) is 0 Å². The largest absolute Gasteiger partial charge is 0.462 e. The molecule has 0 unspecified atom stereocenters. The van der Waals surface area contributed by atoms with E-state index in [2.05, 4.69) is 10.2 Å². The zero-order chi connectivity index (χ0) is 18.8. The van der Waals surface area contributed by atoms with E-state index in [4.69, 9.17) is 4.74 Å². The van der Waals surface area contributed by atoms with E-state index in [0.29, 0.717) is 29.5 Å². The standard InChI is InChI=1S/C20H18FN3O2S/c1-13-11-17(19(25)26-13)27-20-23-22-18(15-9-5-6-10-16(15)21)24(20)12-14-7-3-2-4-8-14/h2-10,13,17H,11-12H2,1H3/t13-,17-/m0/s1. The fourth-order valence-electron chi connectivity index (χ4n) is 3.07. The van der Waals surface area contributed by atoms with Crippen LogP contribution < -0.4 is 0 Å². The molecule has 2 heterocycles. The molecule has 27 heavy (non-hydrogen) atoms. The molecule has 0 radical (unpaired) electrons. The Morgan fingerprint density at radius 3 is 2.59 bits per heavy atom. The van der Waals surface area contributed by atoms with Gasteiger partial charge in [-0.15, -0.1) is 10.2 Å². The average Bonchev–Trinajstić information content (AvgIpc) is 3.19. The molecule has 3 aromatic rings. The molecule has 0 spiro atoms. The molecule has 4 rings (SSSR count). The normalized spacial score (nSPS) is 19.3. The van der Waals surface area contributed by atoms with E-state index >= 15 is 0 Å². The maximum absolute atomic E-state index is 14.4. The van der Waals surface area contributed by atoms with Crippen molar-refractivity contribution in [2.24, 2.45) is 0 Å². The van der Waals surface area contributed by atoms with Crippen molar-refractivity contribution >= 4 is 17.7 Å². The molecule has 5 nitrogen and oxygen atoms in total. The Labute approximate surface area is 160 Å². The number of carbonyl (C=O) groups is 1. The highest BCUT2D eigenvalue weighted by Crippen LogP contribution is 2.34. The SMILES string of the molecule is C[C@H]1C[C@H](Sc2nnc(-c3ccccc3F)n2Cc2ccccc2)C(=O)O1.